The summed E-state index contributed by atoms with van der Waals surface area (Å²) >= 11 is 0. The second kappa shape index (κ2) is 15.9. The molecule has 0 aromatic carbocycles. The Morgan fingerprint density at radius 3 is 2.16 bits per heavy atom. The molecule has 0 aliphatic carbocycles. The van der Waals surface area contributed by atoms with Gasteiger partial charge in [-0.15, -0.1) is 0 Å². The van der Waals surface area contributed by atoms with Crippen molar-refractivity contribution in [3.63, 3.8) is 0 Å². The minimum absolute atomic E-state index is 0.202. The molecule has 0 unspecified atom stereocenters. The van der Waals surface area contributed by atoms with Crippen LogP contribution in [0.15, 0.2) is 0 Å². The number of rotatable bonds is 15. The first kappa shape index (κ1) is 18.8. The molecular formula is C14H32N2O3. The SMILES string of the molecule is CCCOCCNCCN(CCO)CCOCCC. The molecule has 0 aromatic rings. The van der Waals surface area contributed by atoms with Gasteiger partial charge < -0.3 is 19.9 Å². The second-order valence-corrected chi connectivity index (χ2v) is 4.54. The van der Waals surface area contributed by atoms with Gasteiger partial charge in [-0.3, -0.25) is 4.90 Å². The third-order valence-corrected chi connectivity index (χ3v) is 2.69. The van der Waals surface area contributed by atoms with E-state index in [0.717, 1.165) is 65.4 Å². The van der Waals surface area contributed by atoms with E-state index in [0.29, 0.717) is 6.54 Å². The average molecular weight is 276 g/mol. The van der Waals surface area contributed by atoms with E-state index in [1.54, 1.807) is 0 Å². The molecular weight excluding hydrogens is 244 g/mol. The third-order valence-electron chi connectivity index (χ3n) is 2.69. The quantitative estimate of drug-likeness (QED) is 0.432. The van der Waals surface area contributed by atoms with E-state index >= 15 is 0 Å². The van der Waals surface area contributed by atoms with E-state index in [9.17, 15) is 0 Å². The van der Waals surface area contributed by atoms with Crippen molar-refractivity contribution in [2.75, 3.05) is 65.8 Å². The summed E-state index contributed by atoms with van der Waals surface area (Å²) in [6.07, 6.45) is 2.13. The maximum atomic E-state index is 9.02. The molecule has 116 valence electrons. The maximum Gasteiger partial charge on any atom is 0.0593 e. The van der Waals surface area contributed by atoms with Crippen molar-refractivity contribution in [1.29, 1.82) is 0 Å². The Morgan fingerprint density at radius 2 is 1.53 bits per heavy atom. The van der Waals surface area contributed by atoms with Crippen LogP contribution < -0.4 is 5.32 Å². The van der Waals surface area contributed by atoms with Gasteiger partial charge in [0.2, 0.25) is 0 Å². The van der Waals surface area contributed by atoms with E-state index in [-0.39, 0.29) is 6.61 Å². The Morgan fingerprint density at radius 1 is 0.842 bits per heavy atom. The minimum atomic E-state index is 0.202. The number of hydrogen-bond acceptors (Lipinski definition) is 5. The number of nitrogens with zero attached hydrogens (tertiary/aromatic N) is 1. The lowest BCUT2D eigenvalue weighted by Crippen LogP contribution is -2.37. The van der Waals surface area contributed by atoms with E-state index < -0.39 is 0 Å². The fraction of sp³-hybridized carbons (Fsp3) is 1.00. The number of aliphatic hydroxyl groups is 1. The summed E-state index contributed by atoms with van der Waals surface area (Å²) in [5, 5.41) is 12.4. The van der Waals surface area contributed by atoms with Crippen molar-refractivity contribution in [2.45, 2.75) is 26.7 Å². The van der Waals surface area contributed by atoms with Gasteiger partial charge in [0, 0.05) is 45.9 Å². The van der Waals surface area contributed by atoms with Gasteiger partial charge in [-0.1, -0.05) is 13.8 Å². The highest BCUT2D eigenvalue weighted by molar-refractivity contribution is 4.59. The second-order valence-electron chi connectivity index (χ2n) is 4.54. The molecule has 0 spiro atoms. The molecule has 5 heteroatoms. The minimum Gasteiger partial charge on any atom is -0.395 e. The van der Waals surface area contributed by atoms with Gasteiger partial charge in [-0.05, 0) is 12.8 Å². The van der Waals surface area contributed by atoms with Crippen LogP contribution in [0.3, 0.4) is 0 Å². The summed E-state index contributed by atoms with van der Waals surface area (Å²) in [5.74, 6) is 0. The highest BCUT2D eigenvalue weighted by atomic mass is 16.5. The smallest absolute Gasteiger partial charge is 0.0593 e. The fourth-order valence-corrected chi connectivity index (χ4v) is 1.67. The Bertz CT molecular complexity index is 171. The van der Waals surface area contributed by atoms with Crippen LogP contribution in [0.25, 0.3) is 0 Å². The molecule has 0 rings (SSSR count). The first-order valence-electron chi connectivity index (χ1n) is 7.54. The van der Waals surface area contributed by atoms with E-state index in [4.69, 9.17) is 14.6 Å². The molecule has 5 nitrogen and oxygen atoms in total. The highest BCUT2D eigenvalue weighted by Crippen LogP contribution is 1.89. The van der Waals surface area contributed by atoms with Gasteiger partial charge in [0.25, 0.3) is 0 Å². The molecule has 0 aliphatic heterocycles. The van der Waals surface area contributed by atoms with Crippen molar-refractivity contribution >= 4 is 0 Å². The third kappa shape index (κ3) is 14.0. The Hall–Kier alpha value is -0.200. The monoisotopic (exact) mass is 276 g/mol. The summed E-state index contributed by atoms with van der Waals surface area (Å²) in [4.78, 5) is 2.22. The first-order chi connectivity index (χ1) is 9.35. The van der Waals surface area contributed by atoms with Gasteiger partial charge in [-0.2, -0.15) is 0 Å². The number of aliphatic hydroxyl groups excluding tert-OH is 1. The standard InChI is InChI=1S/C14H32N2O3/c1-3-11-18-13-6-15-5-7-16(8-10-17)9-14-19-12-4-2/h15,17H,3-14H2,1-2H3. The summed E-state index contributed by atoms with van der Waals surface area (Å²) in [7, 11) is 0. The molecule has 19 heavy (non-hydrogen) atoms. The van der Waals surface area contributed by atoms with Crippen LogP contribution in [0.5, 0.6) is 0 Å². The Kier molecular flexibility index (Phi) is 15.7. The molecule has 0 aliphatic rings. The van der Waals surface area contributed by atoms with Gasteiger partial charge in [0.05, 0.1) is 19.8 Å². The number of nitrogens with one attached hydrogen (secondary N) is 1. The fourth-order valence-electron chi connectivity index (χ4n) is 1.67. The number of hydrogen-bond donors (Lipinski definition) is 2. The zero-order valence-electron chi connectivity index (χ0n) is 12.7. The Balaban J connectivity index is 3.42. The molecule has 0 fully saturated rings. The van der Waals surface area contributed by atoms with Crippen molar-refractivity contribution in [2.24, 2.45) is 0 Å². The van der Waals surface area contributed by atoms with Crippen molar-refractivity contribution in [1.82, 2.24) is 10.2 Å². The average Bonchev–Trinajstić information content (AvgIpc) is 2.42. The normalized spacial score (nSPS) is 11.4. The van der Waals surface area contributed by atoms with Gasteiger partial charge in [-0.25, -0.2) is 0 Å². The lowest BCUT2D eigenvalue weighted by atomic mass is 10.4. The molecule has 0 saturated heterocycles. The summed E-state index contributed by atoms with van der Waals surface area (Å²) in [6.45, 7) is 11.9. The summed E-state index contributed by atoms with van der Waals surface area (Å²) in [6, 6.07) is 0. The van der Waals surface area contributed by atoms with Crippen LogP contribution in [0.4, 0.5) is 0 Å². The van der Waals surface area contributed by atoms with Crippen LogP contribution in [0.2, 0.25) is 0 Å². The Labute approximate surface area is 118 Å². The van der Waals surface area contributed by atoms with E-state index in [2.05, 4.69) is 24.1 Å². The predicted molar refractivity (Wildman–Crippen MR) is 78.6 cm³/mol. The van der Waals surface area contributed by atoms with Crippen LogP contribution in [0, 0.1) is 0 Å². The topological polar surface area (TPSA) is 54.0 Å². The van der Waals surface area contributed by atoms with Crippen LogP contribution in [-0.4, -0.2) is 75.8 Å². The maximum absolute atomic E-state index is 9.02. The van der Waals surface area contributed by atoms with Crippen LogP contribution in [0.1, 0.15) is 26.7 Å². The largest absolute Gasteiger partial charge is 0.395 e. The lowest BCUT2D eigenvalue weighted by molar-refractivity contribution is 0.0954. The van der Waals surface area contributed by atoms with E-state index in [1.165, 1.54) is 0 Å². The highest BCUT2D eigenvalue weighted by Gasteiger charge is 2.03. The van der Waals surface area contributed by atoms with Gasteiger partial charge >= 0.3 is 0 Å². The lowest BCUT2D eigenvalue weighted by Gasteiger charge is -2.21. The molecule has 0 bridgehead atoms. The molecule has 0 amide bonds. The molecule has 0 saturated carbocycles. The van der Waals surface area contributed by atoms with Crippen molar-refractivity contribution in [3.05, 3.63) is 0 Å². The summed E-state index contributed by atoms with van der Waals surface area (Å²) in [5.41, 5.74) is 0. The molecule has 0 atom stereocenters. The van der Waals surface area contributed by atoms with Gasteiger partial charge in [0.15, 0.2) is 0 Å². The molecule has 0 heterocycles. The predicted octanol–water partition coefficient (Wildman–Crippen LogP) is 0.724. The van der Waals surface area contributed by atoms with Crippen LogP contribution in [-0.2, 0) is 9.47 Å². The molecule has 2 N–H and O–H groups in total. The summed E-state index contributed by atoms with van der Waals surface area (Å²) < 4.78 is 10.9. The zero-order valence-corrected chi connectivity index (χ0v) is 12.7. The zero-order chi connectivity index (χ0) is 14.2. The van der Waals surface area contributed by atoms with Crippen LogP contribution >= 0.6 is 0 Å². The van der Waals surface area contributed by atoms with Crippen molar-refractivity contribution in [3.8, 4) is 0 Å². The van der Waals surface area contributed by atoms with Gasteiger partial charge in [0.1, 0.15) is 0 Å². The molecule has 0 aromatic heterocycles. The van der Waals surface area contributed by atoms with Crippen molar-refractivity contribution < 1.29 is 14.6 Å². The first-order valence-corrected chi connectivity index (χ1v) is 7.54. The number of ether oxygens (including phenoxy) is 2. The molecule has 0 radical (unpaired) electrons. The van der Waals surface area contributed by atoms with E-state index in [1.807, 2.05) is 0 Å².